The molecular formula is C20H24N6. The summed E-state index contributed by atoms with van der Waals surface area (Å²) in [6.45, 7) is 4.91. The van der Waals surface area contributed by atoms with Crippen LogP contribution in [0, 0.1) is 6.92 Å². The van der Waals surface area contributed by atoms with E-state index in [0.29, 0.717) is 6.04 Å². The maximum atomic E-state index is 4.26. The quantitative estimate of drug-likeness (QED) is 0.742. The molecule has 4 rings (SSSR count). The molecule has 1 fully saturated rings. The average molecular weight is 348 g/mol. The van der Waals surface area contributed by atoms with Crippen LogP contribution in [0.5, 0.6) is 0 Å². The minimum absolute atomic E-state index is 0.436. The molecule has 26 heavy (non-hydrogen) atoms. The van der Waals surface area contributed by atoms with Crippen molar-refractivity contribution in [1.29, 1.82) is 0 Å². The van der Waals surface area contributed by atoms with Gasteiger partial charge in [0, 0.05) is 43.0 Å². The second kappa shape index (κ2) is 7.66. The summed E-state index contributed by atoms with van der Waals surface area (Å²) in [7, 11) is 0. The molecule has 0 aliphatic carbocycles. The smallest absolute Gasteiger partial charge is 0.151 e. The number of hydrogen-bond donors (Lipinski definition) is 2. The molecule has 134 valence electrons. The molecular weight excluding hydrogens is 324 g/mol. The van der Waals surface area contributed by atoms with Crippen molar-refractivity contribution in [1.82, 2.24) is 25.7 Å². The van der Waals surface area contributed by atoms with E-state index in [1.807, 2.05) is 18.3 Å². The number of benzene rings is 1. The van der Waals surface area contributed by atoms with E-state index >= 15 is 0 Å². The van der Waals surface area contributed by atoms with E-state index in [2.05, 4.69) is 61.8 Å². The number of hydrogen-bond acceptors (Lipinski definition) is 5. The first-order valence-electron chi connectivity index (χ1n) is 9.15. The molecule has 0 spiro atoms. The van der Waals surface area contributed by atoms with Crippen molar-refractivity contribution >= 4 is 5.82 Å². The largest absolute Gasteiger partial charge is 0.354 e. The van der Waals surface area contributed by atoms with E-state index in [1.54, 1.807) is 6.20 Å². The minimum Gasteiger partial charge on any atom is -0.354 e. The lowest BCUT2D eigenvalue weighted by atomic mass is 10.0. The summed E-state index contributed by atoms with van der Waals surface area (Å²) in [5.41, 5.74) is 4.74. The van der Waals surface area contributed by atoms with Gasteiger partial charge in [0.05, 0.1) is 11.9 Å². The van der Waals surface area contributed by atoms with Crippen molar-refractivity contribution in [3.05, 3.63) is 59.9 Å². The van der Waals surface area contributed by atoms with Crippen LogP contribution in [0.15, 0.2) is 48.8 Å². The molecule has 3 heterocycles. The lowest BCUT2D eigenvalue weighted by Crippen LogP contribution is -2.45. The molecule has 6 heteroatoms. The Bertz CT molecular complexity index is 844. The zero-order chi connectivity index (χ0) is 17.8. The van der Waals surface area contributed by atoms with Crippen molar-refractivity contribution in [3.63, 3.8) is 0 Å². The first-order valence-corrected chi connectivity index (χ1v) is 9.15. The summed E-state index contributed by atoms with van der Waals surface area (Å²) in [5, 5.41) is 19.4. The van der Waals surface area contributed by atoms with Crippen molar-refractivity contribution in [2.75, 3.05) is 18.0 Å². The van der Waals surface area contributed by atoms with Crippen LogP contribution in [-0.2, 0) is 6.54 Å². The van der Waals surface area contributed by atoms with Crippen LogP contribution in [0.25, 0.3) is 11.3 Å². The molecule has 3 aromatic rings. The monoisotopic (exact) mass is 348 g/mol. The fraction of sp³-hybridized carbons (Fsp3) is 0.350. The third-order valence-electron chi connectivity index (χ3n) is 4.91. The maximum absolute atomic E-state index is 4.26. The molecule has 1 saturated heterocycles. The second-order valence-corrected chi connectivity index (χ2v) is 6.89. The van der Waals surface area contributed by atoms with Crippen LogP contribution in [0.4, 0.5) is 5.82 Å². The number of nitrogens with one attached hydrogen (secondary N) is 2. The Morgan fingerprint density at radius 3 is 3.08 bits per heavy atom. The topological polar surface area (TPSA) is 69.7 Å². The van der Waals surface area contributed by atoms with E-state index in [0.717, 1.165) is 37.6 Å². The number of anilines is 1. The fourth-order valence-corrected chi connectivity index (χ4v) is 3.56. The first-order chi connectivity index (χ1) is 12.8. The van der Waals surface area contributed by atoms with Gasteiger partial charge < -0.3 is 10.2 Å². The van der Waals surface area contributed by atoms with Crippen LogP contribution in [0.3, 0.4) is 0 Å². The Hall–Kier alpha value is -2.73. The van der Waals surface area contributed by atoms with E-state index in [-0.39, 0.29) is 0 Å². The SMILES string of the molecule is Cc1cccc(-c2[nH]ncc2CN[C@H]2CCCN(c3cccnn3)C2)c1. The third kappa shape index (κ3) is 3.75. The van der Waals surface area contributed by atoms with Crippen LogP contribution in [-0.4, -0.2) is 39.5 Å². The van der Waals surface area contributed by atoms with E-state index < -0.39 is 0 Å². The summed E-state index contributed by atoms with van der Waals surface area (Å²) in [6, 6.07) is 12.9. The molecule has 0 saturated carbocycles. The number of aromatic amines is 1. The summed E-state index contributed by atoms with van der Waals surface area (Å²) >= 11 is 0. The summed E-state index contributed by atoms with van der Waals surface area (Å²) in [4.78, 5) is 2.31. The van der Waals surface area contributed by atoms with Gasteiger partial charge in [-0.2, -0.15) is 10.2 Å². The van der Waals surface area contributed by atoms with Gasteiger partial charge in [-0.25, -0.2) is 0 Å². The van der Waals surface area contributed by atoms with Gasteiger partial charge in [-0.15, -0.1) is 5.10 Å². The van der Waals surface area contributed by atoms with Gasteiger partial charge in [0.15, 0.2) is 5.82 Å². The molecule has 0 unspecified atom stereocenters. The zero-order valence-electron chi connectivity index (χ0n) is 15.0. The molecule has 1 aliphatic heterocycles. The average Bonchev–Trinajstić information content (AvgIpc) is 3.16. The van der Waals surface area contributed by atoms with Crippen LogP contribution in [0.1, 0.15) is 24.0 Å². The summed E-state index contributed by atoms with van der Waals surface area (Å²) < 4.78 is 0. The number of piperidine rings is 1. The van der Waals surface area contributed by atoms with Gasteiger partial charge in [0.25, 0.3) is 0 Å². The Kier molecular flexibility index (Phi) is 4.93. The molecule has 0 bridgehead atoms. The van der Waals surface area contributed by atoms with Gasteiger partial charge in [-0.05, 0) is 38.0 Å². The standard InChI is InChI=1S/C20H24N6/c1-15-5-2-6-16(11-15)20-17(13-23-25-20)12-21-18-7-4-10-26(14-18)19-8-3-9-22-24-19/h2-3,5-6,8-9,11,13,18,21H,4,7,10,12,14H2,1H3,(H,23,25)/t18-/m0/s1. The lowest BCUT2D eigenvalue weighted by Gasteiger charge is -2.33. The number of H-pyrrole nitrogens is 1. The van der Waals surface area contributed by atoms with Crippen LogP contribution >= 0.6 is 0 Å². The van der Waals surface area contributed by atoms with E-state index in [4.69, 9.17) is 0 Å². The number of nitrogens with zero attached hydrogens (tertiary/aromatic N) is 4. The molecule has 1 atom stereocenters. The van der Waals surface area contributed by atoms with Gasteiger partial charge in [-0.1, -0.05) is 23.8 Å². The van der Waals surface area contributed by atoms with Crippen molar-refractivity contribution < 1.29 is 0 Å². The minimum atomic E-state index is 0.436. The normalized spacial score (nSPS) is 17.4. The van der Waals surface area contributed by atoms with Gasteiger partial charge >= 0.3 is 0 Å². The molecule has 2 N–H and O–H groups in total. The predicted molar refractivity (Wildman–Crippen MR) is 103 cm³/mol. The van der Waals surface area contributed by atoms with Crippen LogP contribution in [0.2, 0.25) is 0 Å². The Balaban J connectivity index is 1.41. The number of aryl methyl sites for hydroxylation is 1. The highest BCUT2D eigenvalue weighted by molar-refractivity contribution is 5.63. The molecule has 1 aliphatic rings. The highest BCUT2D eigenvalue weighted by Crippen LogP contribution is 2.23. The molecule has 0 amide bonds. The van der Waals surface area contributed by atoms with Crippen molar-refractivity contribution in [2.45, 2.75) is 32.4 Å². The highest BCUT2D eigenvalue weighted by Gasteiger charge is 2.21. The van der Waals surface area contributed by atoms with Crippen molar-refractivity contribution in [3.8, 4) is 11.3 Å². The summed E-state index contributed by atoms with van der Waals surface area (Å²) in [5.74, 6) is 0.961. The first kappa shape index (κ1) is 16.7. The molecule has 0 radical (unpaired) electrons. The van der Waals surface area contributed by atoms with Crippen LogP contribution < -0.4 is 10.2 Å². The lowest BCUT2D eigenvalue weighted by molar-refractivity contribution is 0.419. The second-order valence-electron chi connectivity index (χ2n) is 6.89. The fourth-order valence-electron chi connectivity index (χ4n) is 3.56. The third-order valence-corrected chi connectivity index (χ3v) is 4.91. The highest BCUT2D eigenvalue weighted by atomic mass is 15.3. The molecule has 1 aromatic carbocycles. The number of rotatable bonds is 5. The Morgan fingerprint density at radius 1 is 1.27 bits per heavy atom. The van der Waals surface area contributed by atoms with Gasteiger partial charge in [0.1, 0.15) is 0 Å². The zero-order valence-corrected chi connectivity index (χ0v) is 15.0. The Labute approximate surface area is 153 Å². The van der Waals surface area contributed by atoms with Crippen molar-refractivity contribution in [2.24, 2.45) is 0 Å². The van der Waals surface area contributed by atoms with Gasteiger partial charge in [-0.3, -0.25) is 5.10 Å². The maximum Gasteiger partial charge on any atom is 0.151 e. The predicted octanol–water partition coefficient (Wildman–Crippen LogP) is 2.93. The van der Waals surface area contributed by atoms with E-state index in [9.17, 15) is 0 Å². The Morgan fingerprint density at radius 2 is 2.23 bits per heavy atom. The number of aromatic nitrogens is 4. The molecule has 6 nitrogen and oxygen atoms in total. The van der Waals surface area contributed by atoms with E-state index in [1.165, 1.54) is 23.1 Å². The molecule has 2 aromatic heterocycles. The summed E-state index contributed by atoms with van der Waals surface area (Å²) in [6.07, 6.45) is 5.97. The van der Waals surface area contributed by atoms with Gasteiger partial charge in [0.2, 0.25) is 0 Å².